The molecule has 1 aliphatic heterocycles. The first-order chi connectivity index (χ1) is 6.18. The summed E-state index contributed by atoms with van der Waals surface area (Å²) in [5.74, 6) is -0.449. The molecule has 0 fully saturated rings. The fourth-order valence-corrected chi connectivity index (χ4v) is 1.93. The molecule has 1 atom stereocenters. The lowest BCUT2D eigenvalue weighted by Gasteiger charge is -2.04. The molecule has 13 heavy (non-hydrogen) atoms. The molecular formula is C9H7BrO3. The first-order valence-electron chi connectivity index (χ1n) is 3.84. The van der Waals surface area contributed by atoms with Gasteiger partial charge < -0.3 is 9.84 Å². The van der Waals surface area contributed by atoms with Crippen LogP contribution in [0, 0.1) is 0 Å². The van der Waals surface area contributed by atoms with Gasteiger partial charge in [0, 0.05) is 6.42 Å². The lowest BCUT2D eigenvalue weighted by molar-refractivity contribution is 0.0693. The Morgan fingerprint density at radius 2 is 2.38 bits per heavy atom. The molecule has 0 amide bonds. The summed E-state index contributed by atoms with van der Waals surface area (Å²) in [6, 6.07) is 5.16. The van der Waals surface area contributed by atoms with E-state index in [1.54, 1.807) is 12.1 Å². The maximum Gasteiger partial charge on any atom is 0.339 e. The van der Waals surface area contributed by atoms with Crippen LogP contribution in [0.1, 0.15) is 15.9 Å². The maximum atomic E-state index is 10.8. The highest BCUT2D eigenvalue weighted by Gasteiger charge is 2.25. The van der Waals surface area contributed by atoms with Crippen LogP contribution in [0.3, 0.4) is 0 Å². The fourth-order valence-electron chi connectivity index (χ4n) is 1.40. The highest BCUT2D eigenvalue weighted by Crippen LogP contribution is 2.34. The summed E-state index contributed by atoms with van der Waals surface area (Å²) in [7, 11) is 0. The Hall–Kier alpha value is -1.03. The zero-order valence-electron chi connectivity index (χ0n) is 6.66. The lowest BCUT2D eigenvalue weighted by atomic mass is 10.1. The zero-order chi connectivity index (χ0) is 9.42. The van der Waals surface area contributed by atoms with Crippen molar-refractivity contribution in [1.82, 2.24) is 0 Å². The van der Waals surface area contributed by atoms with E-state index in [0.717, 1.165) is 12.0 Å². The topological polar surface area (TPSA) is 46.5 Å². The average molecular weight is 243 g/mol. The van der Waals surface area contributed by atoms with Crippen molar-refractivity contribution in [2.45, 2.75) is 11.4 Å². The molecule has 1 aromatic rings. The standard InChI is InChI=1S/C9H7BrO3/c10-7-4-5-2-1-3-6(9(11)12)8(5)13-7/h1-3,7H,4H2,(H,11,12). The highest BCUT2D eigenvalue weighted by molar-refractivity contribution is 9.09. The van der Waals surface area contributed by atoms with E-state index in [1.165, 1.54) is 0 Å². The van der Waals surface area contributed by atoms with Crippen LogP contribution in [-0.4, -0.2) is 16.1 Å². The molecule has 0 radical (unpaired) electrons. The Kier molecular flexibility index (Phi) is 2.00. The number of para-hydroxylation sites is 1. The molecule has 1 heterocycles. The number of aromatic carboxylic acids is 1. The van der Waals surface area contributed by atoms with Gasteiger partial charge in [-0.1, -0.05) is 12.1 Å². The van der Waals surface area contributed by atoms with E-state index in [2.05, 4.69) is 15.9 Å². The number of hydrogen-bond donors (Lipinski definition) is 1. The number of hydrogen-bond acceptors (Lipinski definition) is 2. The molecular weight excluding hydrogens is 236 g/mol. The minimum absolute atomic E-state index is 0.0944. The molecule has 0 saturated carbocycles. The molecule has 1 N–H and O–H groups in total. The summed E-state index contributed by atoms with van der Waals surface area (Å²) in [6.07, 6.45) is 0.719. The molecule has 0 aromatic heterocycles. The zero-order valence-corrected chi connectivity index (χ0v) is 8.24. The number of alkyl halides is 1. The molecule has 68 valence electrons. The van der Waals surface area contributed by atoms with Crippen LogP contribution in [0.2, 0.25) is 0 Å². The summed E-state index contributed by atoms with van der Waals surface area (Å²) in [6.45, 7) is 0. The number of carboxylic acids is 1. The fraction of sp³-hybridized carbons (Fsp3) is 0.222. The Labute approximate surface area is 83.5 Å². The van der Waals surface area contributed by atoms with Gasteiger partial charge in [-0.05, 0) is 27.6 Å². The van der Waals surface area contributed by atoms with Crippen molar-refractivity contribution in [3.63, 3.8) is 0 Å². The summed E-state index contributed by atoms with van der Waals surface area (Å²) in [5, 5.41) is 8.75. The van der Waals surface area contributed by atoms with Crippen molar-refractivity contribution < 1.29 is 14.6 Å². The monoisotopic (exact) mass is 242 g/mol. The van der Waals surface area contributed by atoms with Crippen molar-refractivity contribution >= 4 is 21.9 Å². The summed E-state index contributed by atoms with van der Waals surface area (Å²) < 4.78 is 5.34. The molecule has 1 aliphatic rings. The first-order valence-corrected chi connectivity index (χ1v) is 4.76. The summed E-state index contributed by atoms with van der Waals surface area (Å²) in [5.41, 5.74) is 1.18. The Balaban J connectivity index is 2.51. The average Bonchev–Trinajstić information content (AvgIpc) is 2.43. The van der Waals surface area contributed by atoms with Gasteiger partial charge in [-0.25, -0.2) is 4.79 Å². The lowest BCUT2D eigenvalue weighted by Crippen LogP contribution is -2.03. The molecule has 0 saturated heterocycles. The van der Waals surface area contributed by atoms with Gasteiger partial charge in [0.15, 0.2) is 5.01 Å². The second-order valence-corrected chi connectivity index (χ2v) is 3.85. The van der Waals surface area contributed by atoms with Gasteiger partial charge in [0.25, 0.3) is 0 Å². The van der Waals surface area contributed by atoms with Gasteiger partial charge in [0.1, 0.15) is 11.3 Å². The van der Waals surface area contributed by atoms with Gasteiger partial charge in [0.2, 0.25) is 0 Å². The predicted octanol–water partition coefficient (Wildman–Crippen LogP) is 2.04. The van der Waals surface area contributed by atoms with Crippen LogP contribution in [0.15, 0.2) is 18.2 Å². The van der Waals surface area contributed by atoms with Crippen molar-refractivity contribution in [2.24, 2.45) is 0 Å². The molecule has 1 unspecified atom stereocenters. The van der Waals surface area contributed by atoms with E-state index in [4.69, 9.17) is 9.84 Å². The molecule has 0 spiro atoms. The molecule has 0 bridgehead atoms. The SMILES string of the molecule is O=C(O)c1cccc2c1OC(Br)C2. The third-order valence-corrected chi connectivity index (χ3v) is 2.46. The maximum absolute atomic E-state index is 10.8. The van der Waals surface area contributed by atoms with Crippen LogP contribution in [0.5, 0.6) is 5.75 Å². The van der Waals surface area contributed by atoms with Crippen LogP contribution >= 0.6 is 15.9 Å². The van der Waals surface area contributed by atoms with Crippen LogP contribution in [-0.2, 0) is 6.42 Å². The third-order valence-electron chi connectivity index (χ3n) is 1.95. The molecule has 0 aliphatic carbocycles. The normalized spacial score (nSPS) is 19.3. The smallest absolute Gasteiger partial charge is 0.339 e. The van der Waals surface area contributed by atoms with Crippen LogP contribution < -0.4 is 4.74 Å². The Morgan fingerprint density at radius 3 is 3.08 bits per heavy atom. The van der Waals surface area contributed by atoms with Crippen molar-refractivity contribution in [3.05, 3.63) is 29.3 Å². The van der Waals surface area contributed by atoms with Gasteiger partial charge >= 0.3 is 5.97 Å². The van der Waals surface area contributed by atoms with E-state index < -0.39 is 5.97 Å². The molecule has 2 rings (SSSR count). The summed E-state index contributed by atoms with van der Waals surface area (Å²) >= 11 is 3.29. The Bertz CT molecular complexity index is 362. The van der Waals surface area contributed by atoms with Gasteiger partial charge in [0.05, 0.1) is 0 Å². The number of carbonyl (C=O) groups is 1. The number of halogens is 1. The van der Waals surface area contributed by atoms with Crippen molar-refractivity contribution in [3.8, 4) is 5.75 Å². The van der Waals surface area contributed by atoms with Crippen molar-refractivity contribution in [1.29, 1.82) is 0 Å². The first kappa shape index (κ1) is 8.56. The van der Waals surface area contributed by atoms with Gasteiger partial charge in [-0.15, -0.1) is 0 Å². The van der Waals surface area contributed by atoms with E-state index in [9.17, 15) is 4.79 Å². The summed E-state index contributed by atoms with van der Waals surface area (Å²) in [4.78, 5) is 10.8. The highest BCUT2D eigenvalue weighted by atomic mass is 79.9. The minimum atomic E-state index is -0.946. The number of fused-ring (bicyclic) bond motifs is 1. The van der Waals surface area contributed by atoms with Crippen LogP contribution in [0.25, 0.3) is 0 Å². The number of benzene rings is 1. The number of ether oxygens (including phenoxy) is 1. The van der Waals surface area contributed by atoms with E-state index in [0.29, 0.717) is 5.75 Å². The largest absolute Gasteiger partial charge is 0.478 e. The van der Waals surface area contributed by atoms with Crippen molar-refractivity contribution in [2.75, 3.05) is 0 Å². The van der Waals surface area contributed by atoms with E-state index >= 15 is 0 Å². The predicted molar refractivity (Wildman–Crippen MR) is 50.4 cm³/mol. The second-order valence-electron chi connectivity index (χ2n) is 2.83. The Morgan fingerprint density at radius 1 is 1.62 bits per heavy atom. The quantitative estimate of drug-likeness (QED) is 0.767. The molecule has 1 aromatic carbocycles. The third kappa shape index (κ3) is 1.42. The number of carboxylic acid groups (broad SMARTS) is 1. The molecule has 4 heteroatoms. The molecule has 3 nitrogen and oxygen atoms in total. The van der Waals surface area contributed by atoms with E-state index in [1.807, 2.05) is 6.07 Å². The van der Waals surface area contributed by atoms with Gasteiger partial charge in [-0.3, -0.25) is 0 Å². The van der Waals surface area contributed by atoms with E-state index in [-0.39, 0.29) is 10.6 Å². The number of rotatable bonds is 1. The second kappa shape index (κ2) is 3.03. The van der Waals surface area contributed by atoms with Gasteiger partial charge in [-0.2, -0.15) is 0 Å². The van der Waals surface area contributed by atoms with Crippen LogP contribution in [0.4, 0.5) is 0 Å². The minimum Gasteiger partial charge on any atom is -0.478 e.